The number of amides is 1. The third kappa shape index (κ3) is 4.23. The van der Waals surface area contributed by atoms with Gasteiger partial charge in [-0.15, -0.1) is 11.3 Å². The number of carbonyl (C=O) groups is 1. The molecule has 0 unspecified atom stereocenters. The number of hydrogen-bond acceptors (Lipinski definition) is 6. The minimum absolute atomic E-state index is 0.142. The van der Waals surface area contributed by atoms with Crippen molar-refractivity contribution in [1.29, 1.82) is 0 Å². The Bertz CT molecular complexity index is 1220. The maximum absolute atomic E-state index is 13.9. The molecule has 0 radical (unpaired) electrons. The highest BCUT2D eigenvalue weighted by Crippen LogP contribution is 2.25. The van der Waals surface area contributed by atoms with Gasteiger partial charge in [0, 0.05) is 36.4 Å². The highest BCUT2D eigenvalue weighted by Gasteiger charge is 2.15. The predicted octanol–water partition coefficient (Wildman–Crippen LogP) is 4.35. The van der Waals surface area contributed by atoms with Crippen LogP contribution in [0, 0.1) is 19.7 Å². The van der Waals surface area contributed by atoms with Crippen molar-refractivity contribution < 1.29 is 9.18 Å². The fourth-order valence-corrected chi connectivity index (χ4v) is 3.86. The van der Waals surface area contributed by atoms with Crippen molar-refractivity contribution in [2.75, 3.05) is 0 Å². The molecule has 0 fully saturated rings. The molecule has 6 nitrogen and oxygen atoms in total. The van der Waals surface area contributed by atoms with E-state index in [1.165, 1.54) is 24.5 Å². The number of carbonyl (C=O) groups excluding carboxylic acids is 1. The average Bonchev–Trinajstić information content (AvgIpc) is 3.22. The molecule has 0 atom stereocenters. The van der Waals surface area contributed by atoms with Crippen LogP contribution in [-0.4, -0.2) is 25.8 Å². The van der Waals surface area contributed by atoms with Crippen LogP contribution in [0.4, 0.5) is 4.39 Å². The molecule has 0 bridgehead atoms. The van der Waals surface area contributed by atoms with Crippen molar-refractivity contribution in [2.45, 2.75) is 20.4 Å². The standard InChI is InChI=1S/C22H18FN5OS/c1-13-8-15(10-26-19(13)16-5-7-24-14(2)9-16)11-27-21(29)18-12-28-22(30-18)20-17(23)4-3-6-25-20/h3-10,12H,11H2,1-2H3,(H,27,29). The highest BCUT2D eigenvalue weighted by atomic mass is 32.1. The Hall–Kier alpha value is -3.52. The van der Waals surface area contributed by atoms with Crippen molar-refractivity contribution in [2.24, 2.45) is 0 Å². The van der Waals surface area contributed by atoms with Crippen LogP contribution < -0.4 is 5.32 Å². The SMILES string of the molecule is Cc1cc(-c2ncc(CNC(=O)c3cnc(-c4ncccc4F)s3)cc2C)ccn1. The second-order valence-electron chi connectivity index (χ2n) is 6.74. The Morgan fingerprint density at radius 3 is 2.67 bits per heavy atom. The number of rotatable bonds is 5. The van der Waals surface area contributed by atoms with Crippen molar-refractivity contribution in [3.8, 4) is 22.0 Å². The maximum atomic E-state index is 13.9. The molecule has 0 saturated carbocycles. The van der Waals surface area contributed by atoms with E-state index < -0.39 is 5.82 Å². The van der Waals surface area contributed by atoms with Gasteiger partial charge < -0.3 is 5.32 Å². The molecule has 150 valence electrons. The first-order chi connectivity index (χ1) is 14.5. The van der Waals surface area contributed by atoms with Gasteiger partial charge in [-0.1, -0.05) is 6.07 Å². The quantitative estimate of drug-likeness (QED) is 0.520. The second kappa shape index (κ2) is 8.46. The van der Waals surface area contributed by atoms with Crippen LogP contribution in [0.3, 0.4) is 0 Å². The maximum Gasteiger partial charge on any atom is 0.263 e. The van der Waals surface area contributed by atoms with Gasteiger partial charge in [0.1, 0.15) is 15.6 Å². The summed E-state index contributed by atoms with van der Waals surface area (Å²) in [5.74, 6) is -0.744. The van der Waals surface area contributed by atoms with Crippen LogP contribution in [0.1, 0.15) is 26.5 Å². The van der Waals surface area contributed by atoms with Gasteiger partial charge >= 0.3 is 0 Å². The van der Waals surface area contributed by atoms with Crippen LogP contribution >= 0.6 is 11.3 Å². The Morgan fingerprint density at radius 1 is 1.03 bits per heavy atom. The van der Waals surface area contributed by atoms with Gasteiger partial charge in [0.15, 0.2) is 5.82 Å². The summed E-state index contributed by atoms with van der Waals surface area (Å²) >= 11 is 1.10. The number of pyridine rings is 3. The number of hydrogen-bond donors (Lipinski definition) is 1. The van der Waals surface area contributed by atoms with Gasteiger partial charge in [0.05, 0.1) is 11.9 Å². The minimum atomic E-state index is -0.468. The molecule has 8 heteroatoms. The van der Waals surface area contributed by atoms with Gasteiger partial charge in [-0.3, -0.25) is 19.7 Å². The lowest BCUT2D eigenvalue weighted by Gasteiger charge is -2.09. The van der Waals surface area contributed by atoms with Crippen LogP contribution in [-0.2, 0) is 6.54 Å². The molecule has 4 heterocycles. The lowest BCUT2D eigenvalue weighted by Crippen LogP contribution is -2.22. The average molecular weight is 419 g/mol. The number of nitrogens with one attached hydrogen (secondary N) is 1. The molecule has 0 saturated heterocycles. The second-order valence-corrected chi connectivity index (χ2v) is 7.77. The van der Waals surface area contributed by atoms with E-state index in [-0.39, 0.29) is 11.6 Å². The van der Waals surface area contributed by atoms with Gasteiger partial charge in [-0.25, -0.2) is 9.37 Å². The first kappa shape index (κ1) is 19.8. The van der Waals surface area contributed by atoms with Crippen molar-refractivity contribution in [3.05, 3.63) is 82.6 Å². The summed E-state index contributed by atoms with van der Waals surface area (Å²) in [6.07, 6.45) is 6.44. The number of aryl methyl sites for hydroxylation is 2. The van der Waals surface area contributed by atoms with E-state index in [0.717, 1.165) is 39.4 Å². The van der Waals surface area contributed by atoms with Gasteiger partial charge in [-0.2, -0.15) is 0 Å². The summed E-state index contributed by atoms with van der Waals surface area (Å²) in [7, 11) is 0. The molecule has 1 N–H and O–H groups in total. The first-order valence-electron chi connectivity index (χ1n) is 9.25. The van der Waals surface area contributed by atoms with E-state index in [2.05, 4.69) is 25.3 Å². The molecule has 0 aliphatic heterocycles. The zero-order valence-electron chi connectivity index (χ0n) is 16.4. The Kier molecular flexibility index (Phi) is 5.58. The normalized spacial score (nSPS) is 10.8. The van der Waals surface area contributed by atoms with Crippen LogP contribution in [0.2, 0.25) is 0 Å². The van der Waals surface area contributed by atoms with E-state index in [9.17, 15) is 9.18 Å². The van der Waals surface area contributed by atoms with Crippen LogP contribution in [0.15, 0.2) is 55.1 Å². The first-order valence-corrected chi connectivity index (χ1v) is 10.1. The number of aromatic nitrogens is 4. The van der Waals surface area contributed by atoms with Crippen molar-refractivity contribution in [3.63, 3.8) is 0 Å². The molecule has 4 aromatic rings. The number of thiazole rings is 1. The summed E-state index contributed by atoms with van der Waals surface area (Å²) < 4.78 is 13.9. The van der Waals surface area contributed by atoms with Gasteiger partial charge in [-0.05, 0) is 49.2 Å². The molecule has 0 aliphatic carbocycles. The predicted molar refractivity (Wildman–Crippen MR) is 113 cm³/mol. The Balaban J connectivity index is 1.44. The highest BCUT2D eigenvalue weighted by molar-refractivity contribution is 7.16. The zero-order valence-corrected chi connectivity index (χ0v) is 17.2. The Labute approximate surface area is 176 Å². The van der Waals surface area contributed by atoms with Crippen molar-refractivity contribution in [1.82, 2.24) is 25.3 Å². The molecular weight excluding hydrogens is 401 g/mol. The smallest absolute Gasteiger partial charge is 0.263 e. The fraction of sp³-hybridized carbons (Fsp3) is 0.136. The summed E-state index contributed by atoms with van der Waals surface area (Å²) in [4.78, 5) is 29.8. The van der Waals surface area contributed by atoms with E-state index in [0.29, 0.717) is 16.4 Å². The topological polar surface area (TPSA) is 80.7 Å². The van der Waals surface area contributed by atoms with Crippen molar-refractivity contribution >= 4 is 17.2 Å². The molecule has 0 spiro atoms. The van der Waals surface area contributed by atoms with E-state index in [1.807, 2.05) is 32.0 Å². The minimum Gasteiger partial charge on any atom is -0.347 e. The number of nitrogens with zero attached hydrogens (tertiary/aromatic N) is 4. The van der Waals surface area contributed by atoms with Crippen LogP contribution in [0.5, 0.6) is 0 Å². The third-order valence-electron chi connectivity index (χ3n) is 4.45. The van der Waals surface area contributed by atoms with Gasteiger partial charge in [0.2, 0.25) is 0 Å². The van der Waals surface area contributed by atoms with E-state index in [4.69, 9.17) is 0 Å². The lowest BCUT2D eigenvalue weighted by molar-refractivity contribution is 0.0954. The van der Waals surface area contributed by atoms with Crippen LogP contribution in [0.25, 0.3) is 22.0 Å². The monoisotopic (exact) mass is 419 g/mol. The Morgan fingerprint density at radius 2 is 1.90 bits per heavy atom. The summed E-state index contributed by atoms with van der Waals surface area (Å²) in [6, 6.07) is 8.74. The zero-order chi connectivity index (χ0) is 21.1. The largest absolute Gasteiger partial charge is 0.347 e. The molecule has 1 amide bonds. The summed E-state index contributed by atoms with van der Waals surface area (Å²) in [6.45, 7) is 4.25. The summed E-state index contributed by atoms with van der Waals surface area (Å²) in [5, 5.41) is 3.23. The molecule has 0 aromatic carbocycles. The third-order valence-corrected chi connectivity index (χ3v) is 5.45. The molecule has 4 rings (SSSR count). The van der Waals surface area contributed by atoms with E-state index >= 15 is 0 Å². The lowest BCUT2D eigenvalue weighted by atomic mass is 10.1. The van der Waals surface area contributed by atoms with E-state index in [1.54, 1.807) is 12.4 Å². The van der Waals surface area contributed by atoms with Gasteiger partial charge in [0.25, 0.3) is 5.91 Å². The fourth-order valence-electron chi connectivity index (χ4n) is 3.03. The molecule has 4 aromatic heterocycles. The molecular formula is C22H18FN5OS. The number of halogens is 1. The molecule has 30 heavy (non-hydrogen) atoms. The molecule has 0 aliphatic rings. The summed E-state index contributed by atoms with van der Waals surface area (Å²) in [5.41, 5.74) is 4.87.